The molecule has 0 radical (unpaired) electrons. The molecule has 3 rings (SSSR count). The number of benzene rings is 1. The van der Waals surface area contributed by atoms with Crippen LogP contribution in [-0.2, 0) is 6.54 Å². The van der Waals surface area contributed by atoms with Gasteiger partial charge in [0.2, 0.25) is 0 Å². The van der Waals surface area contributed by atoms with Crippen LogP contribution < -0.4 is 0 Å². The van der Waals surface area contributed by atoms with Gasteiger partial charge in [0.05, 0.1) is 0 Å². The summed E-state index contributed by atoms with van der Waals surface area (Å²) < 4.78 is 0. The molecule has 2 fully saturated rings. The predicted molar refractivity (Wildman–Crippen MR) is 72.6 cm³/mol. The highest BCUT2D eigenvalue weighted by molar-refractivity contribution is 5.99. The molecule has 18 heavy (non-hydrogen) atoms. The number of nitrogens with zero attached hydrogens (tertiary/aromatic N) is 1. The summed E-state index contributed by atoms with van der Waals surface area (Å²) in [6, 6.07) is 8.27. The number of rotatable bonds is 4. The lowest BCUT2D eigenvalue weighted by Gasteiger charge is -2.26. The third-order valence-electron chi connectivity index (χ3n) is 4.01. The average Bonchev–Trinajstić information content (AvgIpc) is 3.24. The molecule has 1 saturated carbocycles. The van der Waals surface area contributed by atoms with E-state index in [9.17, 15) is 4.79 Å². The van der Waals surface area contributed by atoms with E-state index in [0.717, 1.165) is 24.9 Å². The van der Waals surface area contributed by atoms with Crippen molar-refractivity contribution in [1.82, 2.24) is 4.90 Å². The third kappa shape index (κ3) is 2.81. The molecule has 0 aromatic heterocycles. The quantitative estimate of drug-likeness (QED) is 0.756. The van der Waals surface area contributed by atoms with Crippen molar-refractivity contribution in [3.05, 3.63) is 35.4 Å². The summed E-state index contributed by atoms with van der Waals surface area (Å²) in [5, 5.41) is 0. The summed E-state index contributed by atoms with van der Waals surface area (Å²) in [6.45, 7) is 3.42. The van der Waals surface area contributed by atoms with Gasteiger partial charge < -0.3 is 0 Å². The first-order valence-electron chi connectivity index (χ1n) is 7.18. The Balaban J connectivity index is 1.67. The molecular weight excluding hydrogens is 222 g/mol. The Kier molecular flexibility index (Phi) is 3.46. The highest BCUT2D eigenvalue weighted by Crippen LogP contribution is 2.32. The summed E-state index contributed by atoms with van der Waals surface area (Å²) in [5.74, 6) is 0.686. The summed E-state index contributed by atoms with van der Waals surface area (Å²) in [5.41, 5.74) is 2.22. The monoisotopic (exact) mass is 243 g/mol. The standard InChI is InChI=1S/C16H21NO/c18-16(14-7-8-14)15-6-4-5-13(11-15)12-17-9-2-1-3-10-17/h4-6,11,14H,1-3,7-10,12H2. The van der Waals surface area contributed by atoms with Crippen molar-refractivity contribution in [2.24, 2.45) is 5.92 Å². The number of ketones is 1. The molecule has 0 bridgehead atoms. The summed E-state index contributed by atoms with van der Waals surface area (Å²) in [6.07, 6.45) is 6.20. The van der Waals surface area contributed by atoms with E-state index in [0.29, 0.717) is 11.7 Å². The lowest BCUT2D eigenvalue weighted by molar-refractivity contribution is 0.0967. The van der Waals surface area contributed by atoms with Crippen LogP contribution in [0.4, 0.5) is 0 Å². The minimum absolute atomic E-state index is 0.329. The van der Waals surface area contributed by atoms with E-state index in [4.69, 9.17) is 0 Å². The van der Waals surface area contributed by atoms with Crippen LogP contribution in [0.1, 0.15) is 48.0 Å². The fraction of sp³-hybridized carbons (Fsp3) is 0.562. The van der Waals surface area contributed by atoms with E-state index < -0.39 is 0 Å². The van der Waals surface area contributed by atoms with Gasteiger partial charge in [-0.25, -0.2) is 0 Å². The summed E-state index contributed by atoms with van der Waals surface area (Å²) in [7, 11) is 0. The second-order valence-corrected chi connectivity index (χ2v) is 5.68. The highest BCUT2D eigenvalue weighted by atomic mass is 16.1. The second kappa shape index (κ2) is 5.23. The molecule has 0 amide bonds. The number of carbonyl (C=O) groups excluding carboxylic acids is 1. The van der Waals surface area contributed by atoms with Gasteiger partial charge in [0, 0.05) is 18.0 Å². The van der Waals surface area contributed by atoms with Gasteiger partial charge in [-0.15, -0.1) is 0 Å². The van der Waals surface area contributed by atoms with Gasteiger partial charge >= 0.3 is 0 Å². The Bertz CT molecular complexity index is 430. The van der Waals surface area contributed by atoms with Gasteiger partial charge in [-0.1, -0.05) is 24.6 Å². The average molecular weight is 243 g/mol. The zero-order chi connectivity index (χ0) is 12.4. The van der Waals surface area contributed by atoms with Crippen LogP contribution in [0.15, 0.2) is 24.3 Å². The molecule has 1 heterocycles. The molecule has 96 valence electrons. The van der Waals surface area contributed by atoms with Crippen molar-refractivity contribution in [3.8, 4) is 0 Å². The molecular formula is C16H21NO. The molecule has 2 aliphatic rings. The Labute approximate surface area is 109 Å². The molecule has 2 nitrogen and oxygen atoms in total. The minimum Gasteiger partial charge on any atom is -0.299 e. The number of carbonyl (C=O) groups is 1. The first-order valence-corrected chi connectivity index (χ1v) is 7.18. The first-order chi connectivity index (χ1) is 8.83. The van der Waals surface area contributed by atoms with Crippen LogP contribution in [0.3, 0.4) is 0 Å². The maximum absolute atomic E-state index is 12.0. The highest BCUT2D eigenvalue weighted by Gasteiger charge is 2.30. The normalized spacial score (nSPS) is 20.9. The minimum atomic E-state index is 0.329. The van der Waals surface area contributed by atoms with Crippen molar-refractivity contribution in [3.63, 3.8) is 0 Å². The first kappa shape index (κ1) is 11.9. The maximum Gasteiger partial charge on any atom is 0.165 e. The van der Waals surface area contributed by atoms with E-state index in [1.807, 2.05) is 12.1 Å². The third-order valence-corrected chi connectivity index (χ3v) is 4.01. The zero-order valence-electron chi connectivity index (χ0n) is 10.9. The Morgan fingerprint density at radius 2 is 1.94 bits per heavy atom. The SMILES string of the molecule is O=C(c1cccc(CN2CCCCC2)c1)C1CC1. The van der Waals surface area contributed by atoms with Crippen molar-refractivity contribution in [2.45, 2.75) is 38.6 Å². The van der Waals surface area contributed by atoms with E-state index >= 15 is 0 Å². The molecule has 0 atom stereocenters. The van der Waals surface area contributed by atoms with Gasteiger partial charge in [-0.2, -0.15) is 0 Å². The smallest absolute Gasteiger partial charge is 0.165 e. The van der Waals surface area contributed by atoms with E-state index in [-0.39, 0.29) is 0 Å². The van der Waals surface area contributed by atoms with Crippen molar-refractivity contribution < 1.29 is 4.79 Å². The predicted octanol–water partition coefficient (Wildman–Crippen LogP) is 3.27. The van der Waals surface area contributed by atoms with Crippen LogP contribution in [0.2, 0.25) is 0 Å². The number of hydrogen-bond acceptors (Lipinski definition) is 2. The van der Waals surface area contributed by atoms with Gasteiger partial charge in [0.1, 0.15) is 0 Å². The van der Waals surface area contributed by atoms with E-state index in [1.165, 1.54) is 37.9 Å². The largest absolute Gasteiger partial charge is 0.299 e. The molecule has 1 aliphatic carbocycles. The number of hydrogen-bond donors (Lipinski definition) is 0. The van der Waals surface area contributed by atoms with Crippen LogP contribution in [-0.4, -0.2) is 23.8 Å². The van der Waals surface area contributed by atoms with Gasteiger partial charge in [0.15, 0.2) is 5.78 Å². The number of Topliss-reactive ketones (excluding diaryl/α,β-unsaturated/α-hetero) is 1. The van der Waals surface area contributed by atoms with Crippen LogP contribution in [0.5, 0.6) is 0 Å². The zero-order valence-corrected chi connectivity index (χ0v) is 10.9. The van der Waals surface area contributed by atoms with Crippen molar-refractivity contribution >= 4 is 5.78 Å². The topological polar surface area (TPSA) is 20.3 Å². The lowest BCUT2D eigenvalue weighted by Crippen LogP contribution is -2.29. The van der Waals surface area contributed by atoms with E-state index in [1.54, 1.807) is 0 Å². The Morgan fingerprint density at radius 3 is 2.67 bits per heavy atom. The van der Waals surface area contributed by atoms with Crippen LogP contribution >= 0.6 is 0 Å². The fourth-order valence-corrected chi connectivity index (χ4v) is 2.78. The van der Waals surface area contributed by atoms with Crippen molar-refractivity contribution in [2.75, 3.05) is 13.1 Å². The molecule has 2 heteroatoms. The van der Waals surface area contributed by atoms with Crippen molar-refractivity contribution in [1.29, 1.82) is 0 Å². The van der Waals surface area contributed by atoms with Gasteiger partial charge in [-0.05, 0) is 50.4 Å². The molecule has 0 N–H and O–H groups in total. The maximum atomic E-state index is 12.0. The second-order valence-electron chi connectivity index (χ2n) is 5.68. The van der Waals surface area contributed by atoms with Gasteiger partial charge in [0.25, 0.3) is 0 Å². The Morgan fingerprint density at radius 1 is 1.17 bits per heavy atom. The molecule has 0 unspecified atom stereocenters. The number of likely N-dealkylation sites (tertiary alicyclic amines) is 1. The summed E-state index contributed by atoms with van der Waals surface area (Å²) >= 11 is 0. The fourth-order valence-electron chi connectivity index (χ4n) is 2.78. The number of piperidine rings is 1. The molecule has 1 aromatic rings. The van der Waals surface area contributed by atoms with Gasteiger partial charge in [-0.3, -0.25) is 9.69 Å². The van der Waals surface area contributed by atoms with E-state index in [2.05, 4.69) is 17.0 Å². The molecule has 1 aromatic carbocycles. The lowest BCUT2D eigenvalue weighted by atomic mass is 10.0. The summed E-state index contributed by atoms with van der Waals surface area (Å²) in [4.78, 5) is 14.5. The van der Waals surface area contributed by atoms with Crippen LogP contribution in [0.25, 0.3) is 0 Å². The van der Waals surface area contributed by atoms with Crippen LogP contribution in [0, 0.1) is 5.92 Å². The molecule has 0 spiro atoms. The molecule has 1 saturated heterocycles. The molecule has 1 aliphatic heterocycles. The Hall–Kier alpha value is -1.15.